The number of nitrogens with two attached hydrogens (primary N) is 1. The van der Waals surface area contributed by atoms with Crippen LogP contribution in [0, 0.1) is 0 Å². The second-order valence-electron chi connectivity index (χ2n) is 2.93. The summed E-state index contributed by atoms with van der Waals surface area (Å²) in [6.07, 6.45) is 3.64. The van der Waals surface area contributed by atoms with Crippen LogP contribution < -0.4 is 5.90 Å². The van der Waals surface area contributed by atoms with E-state index in [9.17, 15) is 0 Å². The first-order chi connectivity index (χ1) is 6.90. The Balaban J connectivity index is 0.00000112. The third-order valence-corrected chi connectivity index (χ3v) is 1.96. The Labute approximate surface area is 94.0 Å². The molecule has 0 amide bonds. The quantitative estimate of drug-likeness (QED) is 0.809. The Morgan fingerprint density at radius 2 is 2.00 bits per heavy atom. The molecule has 0 aliphatic rings. The van der Waals surface area contributed by atoms with Crippen molar-refractivity contribution in [1.82, 2.24) is 9.78 Å². The molecule has 0 radical (unpaired) electrons. The molecule has 0 saturated carbocycles. The van der Waals surface area contributed by atoms with Crippen LogP contribution >= 0.6 is 12.4 Å². The van der Waals surface area contributed by atoms with Crippen molar-refractivity contribution in [2.24, 2.45) is 5.90 Å². The molecule has 0 saturated heterocycles. The topological polar surface area (TPSA) is 53.1 Å². The van der Waals surface area contributed by atoms with Gasteiger partial charge in [-0.1, -0.05) is 12.1 Å². The first kappa shape index (κ1) is 11.7. The van der Waals surface area contributed by atoms with E-state index in [-0.39, 0.29) is 12.4 Å². The third-order valence-electron chi connectivity index (χ3n) is 1.96. The fourth-order valence-electron chi connectivity index (χ4n) is 1.26. The molecule has 0 fully saturated rings. The van der Waals surface area contributed by atoms with Crippen LogP contribution in [0.3, 0.4) is 0 Å². The van der Waals surface area contributed by atoms with Gasteiger partial charge in [-0.25, -0.2) is 10.6 Å². The Morgan fingerprint density at radius 1 is 1.27 bits per heavy atom. The second kappa shape index (κ2) is 5.50. The highest BCUT2D eigenvalue weighted by Gasteiger charge is 1.96. The van der Waals surface area contributed by atoms with Gasteiger partial charge in [0.15, 0.2) is 0 Å². The summed E-state index contributed by atoms with van der Waals surface area (Å²) in [6, 6.07) is 9.76. The highest BCUT2D eigenvalue weighted by atomic mass is 35.5. The van der Waals surface area contributed by atoms with Crippen molar-refractivity contribution in [3.05, 3.63) is 48.3 Å². The summed E-state index contributed by atoms with van der Waals surface area (Å²) in [5, 5.41) is 4.12. The Bertz CT molecular complexity index is 386. The van der Waals surface area contributed by atoms with E-state index >= 15 is 0 Å². The van der Waals surface area contributed by atoms with E-state index < -0.39 is 0 Å². The zero-order valence-electron chi connectivity index (χ0n) is 8.04. The van der Waals surface area contributed by atoms with Crippen LogP contribution in [-0.2, 0) is 11.4 Å². The average molecular weight is 226 g/mol. The molecule has 4 nitrogen and oxygen atoms in total. The molecule has 1 aromatic heterocycles. The van der Waals surface area contributed by atoms with Gasteiger partial charge < -0.3 is 0 Å². The van der Waals surface area contributed by atoms with E-state index in [2.05, 4.69) is 9.94 Å². The lowest BCUT2D eigenvalue weighted by molar-refractivity contribution is 0.124. The molecule has 15 heavy (non-hydrogen) atoms. The van der Waals surface area contributed by atoms with Crippen LogP contribution in [0.25, 0.3) is 5.69 Å². The molecule has 0 spiro atoms. The number of rotatable bonds is 3. The van der Waals surface area contributed by atoms with Gasteiger partial charge in [0.1, 0.15) is 0 Å². The monoisotopic (exact) mass is 225 g/mol. The lowest BCUT2D eigenvalue weighted by Crippen LogP contribution is -1.99. The standard InChI is InChI=1S/C10H11N3O.ClH/c11-14-8-9-2-4-10(5-3-9)13-7-1-6-12-13;/h1-7H,8,11H2;1H. The molecule has 80 valence electrons. The number of aromatic nitrogens is 2. The molecule has 0 unspecified atom stereocenters. The second-order valence-corrected chi connectivity index (χ2v) is 2.93. The predicted molar refractivity (Wildman–Crippen MR) is 59.8 cm³/mol. The fourth-order valence-corrected chi connectivity index (χ4v) is 1.26. The van der Waals surface area contributed by atoms with Crippen LogP contribution in [-0.4, -0.2) is 9.78 Å². The largest absolute Gasteiger partial charge is 0.300 e. The van der Waals surface area contributed by atoms with Crippen molar-refractivity contribution in [2.45, 2.75) is 6.61 Å². The summed E-state index contributed by atoms with van der Waals surface area (Å²) < 4.78 is 1.80. The van der Waals surface area contributed by atoms with E-state index in [1.165, 1.54) is 0 Å². The van der Waals surface area contributed by atoms with Gasteiger partial charge in [0.2, 0.25) is 0 Å². The first-order valence-corrected chi connectivity index (χ1v) is 4.31. The van der Waals surface area contributed by atoms with Crippen LogP contribution in [0.1, 0.15) is 5.56 Å². The van der Waals surface area contributed by atoms with Crippen LogP contribution in [0.15, 0.2) is 42.7 Å². The van der Waals surface area contributed by atoms with Gasteiger partial charge in [0.05, 0.1) is 12.3 Å². The average Bonchev–Trinajstić information content (AvgIpc) is 2.72. The number of benzene rings is 1. The molecule has 0 aliphatic carbocycles. The summed E-state index contributed by atoms with van der Waals surface area (Å²) in [6.45, 7) is 0.430. The van der Waals surface area contributed by atoms with Gasteiger partial charge in [0, 0.05) is 12.4 Å². The molecular formula is C10H12ClN3O. The van der Waals surface area contributed by atoms with E-state index in [4.69, 9.17) is 5.90 Å². The van der Waals surface area contributed by atoms with Gasteiger partial charge in [-0.2, -0.15) is 5.10 Å². The molecule has 5 heteroatoms. The minimum atomic E-state index is 0. The van der Waals surface area contributed by atoms with Gasteiger partial charge >= 0.3 is 0 Å². The van der Waals surface area contributed by atoms with Gasteiger partial charge in [-0.3, -0.25) is 4.84 Å². The molecule has 1 heterocycles. The van der Waals surface area contributed by atoms with E-state index in [1.807, 2.05) is 36.5 Å². The molecule has 2 aromatic rings. The Kier molecular flexibility index (Phi) is 4.30. The lowest BCUT2D eigenvalue weighted by atomic mass is 10.2. The van der Waals surface area contributed by atoms with Gasteiger partial charge in [0.25, 0.3) is 0 Å². The third kappa shape index (κ3) is 2.79. The highest BCUT2D eigenvalue weighted by molar-refractivity contribution is 5.85. The number of halogens is 1. The highest BCUT2D eigenvalue weighted by Crippen LogP contribution is 2.08. The Hall–Kier alpha value is -1.36. The first-order valence-electron chi connectivity index (χ1n) is 4.31. The van der Waals surface area contributed by atoms with Crippen molar-refractivity contribution < 1.29 is 4.84 Å². The normalized spacial score (nSPS) is 9.67. The van der Waals surface area contributed by atoms with Gasteiger partial charge in [-0.05, 0) is 23.8 Å². The molecule has 1 aromatic carbocycles. The number of hydrogen-bond donors (Lipinski definition) is 1. The smallest absolute Gasteiger partial charge is 0.0930 e. The summed E-state index contributed by atoms with van der Waals surface area (Å²) in [4.78, 5) is 4.54. The Morgan fingerprint density at radius 3 is 2.53 bits per heavy atom. The number of nitrogens with zero attached hydrogens (tertiary/aromatic N) is 2. The molecule has 0 atom stereocenters. The minimum Gasteiger partial charge on any atom is -0.300 e. The van der Waals surface area contributed by atoms with Crippen molar-refractivity contribution in [1.29, 1.82) is 0 Å². The minimum absolute atomic E-state index is 0. The molecule has 0 bridgehead atoms. The van der Waals surface area contributed by atoms with Gasteiger partial charge in [-0.15, -0.1) is 12.4 Å². The molecule has 2 N–H and O–H groups in total. The lowest BCUT2D eigenvalue weighted by Gasteiger charge is -2.02. The van der Waals surface area contributed by atoms with Crippen LogP contribution in [0.4, 0.5) is 0 Å². The van der Waals surface area contributed by atoms with Crippen LogP contribution in [0.5, 0.6) is 0 Å². The maximum absolute atomic E-state index is 4.98. The van der Waals surface area contributed by atoms with E-state index in [0.717, 1.165) is 11.3 Å². The van der Waals surface area contributed by atoms with E-state index in [1.54, 1.807) is 10.9 Å². The predicted octanol–water partition coefficient (Wildman–Crippen LogP) is 1.68. The van der Waals surface area contributed by atoms with Crippen LogP contribution in [0.2, 0.25) is 0 Å². The zero-order valence-corrected chi connectivity index (χ0v) is 8.85. The summed E-state index contributed by atoms with van der Waals surface area (Å²) in [5.41, 5.74) is 2.07. The molecular weight excluding hydrogens is 214 g/mol. The summed E-state index contributed by atoms with van der Waals surface area (Å²) in [5.74, 6) is 4.98. The summed E-state index contributed by atoms with van der Waals surface area (Å²) >= 11 is 0. The summed E-state index contributed by atoms with van der Waals surface area (Å²) in [7, 11) is 0. The number of hydrogen-bond acceptors (Lipinski definition) is 3. The maximum atomic E-state index is 4.98. The van der Waals surface area contributed by atoms with Crippen molar-refractivity contribution in [3.8, 4) is 5.69 Å². The molecule has 0 aliphatic heterocycles. The maximum Gasteiger partial charge on any atom is 0.0930 e. The SMILES string of the molecule is Cl.NOCc1ccc(-n2cccn2)cc1. The van der Waals surface area contributed by atoms with Crippen molar-refractivity contribution >= 4 is 12.4 Å². The van der Waals surface area contributed by atoms with Crippen molar-refractivity contribution in [2.75, 3.05) is 0 Å². The zero-order chi connectivity index (χ0) is 9.80. The molecule has 2 rings (SSSR count). The van der Waals surface area contributed by atoms with Crippen molar-refractivity contribution in [3.63, 3.8) is 0 Å². The fraction of sp³-hybridized carbons (Fsp3) is 0.100. The van der Waals surface area contributed by atoms with E-state index in [0.29, 0.717) is 6.61 Å².